The molecular formula is C40H86N4O2. The summed E-state index contributed by atoms with van der Waals surface area (Å²) in [6.45, 7) is 16.5. The van der Waals surface area contributed by atoms with Gasteiger partial charge in [0.2, 0.25) is 0 Å². The van der Waals surface area contributed by atoms with Crippen molar-refractivity contribution in [2.45, 2.75) is 182 Å². The topological polar surface area (TPSA) is 48.1 Å². The largest absolute Gasteiger partial charge is 0.448 e. The molecule has 6 nitrogen and oxygen atoms in total. The number of unbranched alkanes of at least 4 members (excludes halogenated alkanes) is 20. The van der Waals surface area contributed by atoms with Gasteiger partial charge in [0.15, 0.2) is 0 Å². The summed E-state index contributed by atoms with van der Waals surface area (Å²) in [7, 11) is 6.24. The fourth-order valence-corrected chi connectivity index (χ4v) is 5.51. The Hall–Kier alpha value is -0.850. The van der Waals surface area contributed by atoms with Crippen molar-refractivity contribution < 1.29 is 9.53 Å². The fourth-order valence-electron chi connectivity index (χ4n) is 5.51. The van der Waals surface area contributed by atoms with E-state index in [2.05, 4.69) is 64.0 Å². The number of carbonyl (C=O) groups is 1. The molecule has 0 saturated carbocycles. The second-order valence-corrected chi connectivity index (χ2v) is 14.0. The van der Waals surface area contributed by atoms with Crippen molar-refractivity contribution in [3.63, 3.8) is 0 Å². The van der Waals surface area contributed by atoms with Gasteiger partial charge < -0.3 is 24.8 Å². The van der Waals surface area contributed by atoms with Crippen molar-refractivity contribution in [2.24, 2.45) is 0 Å². The van der Waals surface area contributed by atoms with Gasteiger partial charge in [-0.15, -0.1) is 0 Å². The molecule has 46 heavy (non-hydrogen) atoms. The van der Waals surface area contributed by atoms with Crippen molar-refractivity contribution in [1.29, 1.82) is 0 Å². The maximum Gasteiger partial charge on any atom is 0.409 e. The van der Waals surface area contributed by atoms with E-state index < -0.39 is 0 Å². The number of ether oxygens (including phenoxy) is 1. The van der Waals surface area contributed by atoms with Crippen LogP contribution in [0, 0.1) is 0 Å². The fraction of sp³-hybridized carbons (Fsp3) is 0.975. The summed E-state index contributed by atoms with van der Waals surface area (Å²) in [4.78, 5) is 19.0. The van der Waals surface area contributed by atoms with E-state index in [0.29, 0.717) is 6.61 Å². The maximum absolute atomic E-state index is 12.6. The number of amides is 1. The standard InChI is InChI=1S/C24H51N3O2.C16H35N/c1-6-8-10-12-14-16-18-27(19-17-15-13-11-9-7-2)24(28)29-23-22-26(5)21-20-25(3)4;1-3-5-7-9-11-13-15-17-16-14-12-10-8-6-4-2/h6-23H2,1-5H3;17H,3-16H2,1-2H3. The number of hydrogen-bond acceptors (Lipinski definition) is 5. The van der Waals surface area contributed by atoms with Gasteiger partial charge in [0.1, 0.15) is 6.61 Å². The van der Waals surface area contributed by atoms with Crippen molar-refractivity contribution in [3.8, 4) is 0 Å². The molecule has 0 spiro atoms. The SMILES string of the molecule is CCCCCCCCN(CCCCCCCC)C(=O)OCCN(C)CCN(C)C.CCCCCCCCNCCCCCCCC. The van der Waals surface area contributed by atoms with E-state index in [4.69, 9.17) is 4.74 Å². The van der Waals surface area contributed by atoms with Crippen LogP contribution in [-0.2, 0) is 4.74 Å². The van der Waals surface area contributed by atoms with E-state index in [0.717, 1.165) is 45.6 Å². The van der Waals surface area contributed by atoms with Gasteiger partial charge in [-0.1, -0.05) is 156 Å². The predicted octanol–water partition coefficient (Wildman–Crippen LogP) is 10.9. The monoisotopic (exact) mass is 655 g/mol. The summed E-state index contributed by atoms with van der Waals surface area (Å²) >= 11 is 0. The van der Waals surface area contributed by atoms with Crippen LogP contribution in [0.4, 0.5) is 4.79 Å². The molecule has 0 fully saturated rings. The lowest BCUT2D eigenvalue weighted by atomic mass is 10.1. The normalized spacial score (nSPS) is 11.2. The highest BCUT2D eigenvalue weighted by Gasteiger charge is 2.14. The van der Waals surface area contributed by atoms with Gasteiger partial charge in [0.25, 0.3) is 0 Å². The Morgan fingerprint density at radius 1 is 0.457 bits per heavy atom. The Balaban J connectivity index is 0. The highest BCUT2D eigenvalue weighted by atomic mass is 16.6. The van der Waals surface area contributed by atoms with Gasteiger partial charge >= 0.3 is 6.09 Å². The molecule has 0 aromatic heterocycles. The molecule has 0 saturated heterocycles. The maximum atomic E-state index is 12.6. The molecule has 0 atom stereocenters. The van der Waals surface area contributed by atoms with E-state index in [-0.39, 0.29) is 6.09 Å². The average Bonchev–Trinajstić information content (AvgIpc) is 3.04. The quantitative estimate of drug-likeness (QED) is 0.0700. The Kier molecular flexibility index (Phi) is 41.4. The zero-order valence-corrected chi connectivity index (χ0v) is 32.8. The van der Waals surface area contributed by atoms with Crippen LogP contribution in [0.2, 0.25) is 0 Å². The summed E-state index contributed by atoms with van der Waals surface area (Å²) in [6, 6.07) is 0. The van der Waals surface area contributed by atoms with Gasteiger partial charge in [-0.25, -0.2) is 4.79 Å². The molecule has 0 aliphatic carbocycles. The number of hydrogen-bond donors (Lipinski definition) is 1. The summed E-state index contributed by atoms with van der Waals surface area (Å²) in [6.07, 6.45) is 31.8. The van der Waals surface area contributed by atoms with Crippen LogP contribution in [0.5, 0.6) is 0 Å². The van der Waals surface area contributed by atoms with Gasteiger partial charge in [0, 0.05) is 32.7 Å². The van der Waals surface area contributed by atoms with Crippen LogP contribution in [0.3, 0.4) is 0 Å². The van der Waals surface area contributed by atoms with Crippen LogP contribution in [0.1, 0.15) is 182 Å². The predicted molar refractivity (Wildman–Crippen MR) is 205 cm³/mol. The zero-order chi connectivity index (χ0) is 34.4. The molecule has 1 N–H and O–H groups in total. The van der Waals surface area contributed by atoms with Gasteiger partial charge in [-0.2, -0.15) is 0 Å². The van der Waals surface area contributed by atoms with Crippen LogP contribution in [-0.4, -0.2) is 94.4 Å². The first kappa shape index (κ1) is 47.3. The number of nitrogens with one attached hydrogen (secondary N) is 1. The van der Waals surface area contributed by atoms with Crippen LogP contribution in [0.25, 0.3) is 0 Å². The first-order chi connectivity index (χ1) is 22.4. The van der Waals surface area contributed by atoms with E-state index in [1.165, 1.54) is 154 Å². The average molecular weight is 655 g/mol. The van der Waals surface area contributed by atoms with Crippen LogP contribution in [0.15, 0.2) is 0 Å². The molecule has 0 rings (SSSR count). The van der Waals surface area contributed by atoms with Gasteiger partial charge in [-0.3, -0.25) is 0 Å². The summed E-state index contributed by atoms with van der Waals surface area (Å²) in [5, 5.41) is 3.57. The van der Waals surface area contributed by atoms with E-state index in [1.807, 2.05) is 4.90 Å². The minimum Gasteiger partial charge on any atom is -0.448 e. The molecule has 0 radical (unpaired) electrons. The molecule has 0 unspecified atom stereocenters. The van der Waals surface area contributed by atoms with Crippen molar-refractivity contribution in [1.82, 2.24) is 20.0 Å². The Morgan fingerprint density at radius 3 is 1.22 bits per heavy atom. The summed E-state index contributed by atoms with van der Waals surface area (Å²) in [5.74, 6) is 0. The molecule has 1 amide bonds. The van der Waals surface area contributed by atoms with E-state index in [1.54, 1.807) is 0 Å². The number of rotatable bonds is 34. The van der Waals surface area contributed by atoms with E-state index in [9.17, 15) is 4.79 Å². The third-order valence-corrected chi connectivity index (χ3v) is 8.86. The smallest absolute Gasteiger partial charge is 0.409 e. The second-order valence-electron chi connectivity index (χ2n) is 14.0. The van der Waals surface area contributed by atoms with Crippen molar-refractivity contribution in [3.05, 3.63) is 0 Å². The Labute approximate surface area is 290 Å². The van der Waals surface area contributed by atoms with Crippen molar-refractivity contribution >= 4 is 6.09 Å². The molecule has 0 aliphatic heterocycles. The molecule has 6 heteroatoms. The minimum absolute atomic E-state index is 0.117. The van der Waals surface area contributed by atoms with E-state index >= 15 is 0 Å². The molecule has 0 heterocycles. The molecule has 0 aliphatic rings. The minimum atomic E-state index is -0.117. The van der Waals surface area contributed by atoms with Crippen LogP contribution < -0.4 is 5.32 Å². The molecule has 0 aromatic rings. The van der Waals surface area contributed by atoms with Crippen LogP contribution >= 0.6 is 0 Å². The molecule has 0 aromatic carbocycles. The number of likely N-dealkylation sites (N-methyl/N-ethyl adjacent to an activating group) is 2. The highest BCUT2D eigenvalue weighted by molar-refractivity contribution is 5.67. The molecule has 278 valence electrons. The Bertz CT molecular complexity index is 545. The van der Waals surface area contributed by atoms with Gasteiger partial charge in [0.05, 0.1) is 0 Å². The lowest BCUT2D eigenvalue weighted by Crippen LogP contribution is -2.36. The number of carbonyl (C=O) groups excluding carboxylic acids is 1. The molecule has 0 bridgehead atoms. The number of nitrogens with zero attached hydrogens (tertiary/aromatic N) is 3. The second kappa shape index (κ2) is 40.3. The van der Waals surface area contributed by atoms with Gasteiger partial charge in [-0.05, 0) is 59.9 Å². The van der Waals surface area contributed by atoms with Crippen molar-refractivity contribution in [2.75, 3.05) is 73.6 Å². The molecular weight excluding hydrogens is 568 g/mol. The zero-order valence-electron chi connectivity index (χ0n) is 32.8. The summed E-state index contributed by atoms with van der Waals surface area (Å²) in [5.41, 5.74) is 0. The third-order valence-electron chi connectivity index (χ3n) is 8.86. The Morgan fingerprint density at radius 2 is 0.826 bits per heavy atom. The lowest BCUT2D eigenvalue weighted by molar-refractivity contribution is 0.0914. The first-order valence-electron chi connectivity index (χ1n) is 20.4. The third kappa shape index (κ3) is 39.3. The highest BCUT2D eigenvalue weighted by Crippen LogP contribution is 2.10. The lowest BCUT2D eigenvalue weighted by Gasteiger charge is -2.24. The first-order valence-corrected chi connectivity index (χ1v) is 20.4. The summed E-state index contributed by atoms with van der Waals surface area (Å²) < 4.78 is 5.60.